The quantitative estimate of drug-likeness (QED) is 0.466. The molecule has 0 unspecified atom stereocenters. The van der Waals surface area contributed by atoms with Crippen LogP contribution in [-0.2, 0) is 17.8 Å². The second kappa shape index (κ2) is 12.9. The lowest BCUT2D eigenvalue weighted by Gasteiger charge is -2.34. The number of hydrogen-bond donors (Lipinski definition) is 2. The minimum atomic E-state index is 0.699. The summed E-state index contributed by atoms with van der Waals surface area (Å²) in [6.45, 7) is 18.4. The number of aliphatic imine (C=N–C) groups is 1. The minimum absolute atomic E-state index is 0.699. The van der Waals surface area contributed by atoms with Crippen LogP contribution >= 0.6 is 0 Å². The van der Waals surface area contributed by atoms with Crippen molar-refractivity contribution in [1.29, 1.82) is 0 Å². The average Bonchev–Trinajstić information content (AvgIpc) is 2.79. The fraction of sp³-hybridized carbons (Fsp3) is 0.696. The van der Waals surface area contributed by atoms with Crippen molar-refractivity contribution in [2.24, 2.45) is 4.99 Å². The number of morpholine rings is 1. The molecule has 7 heteroatoms. The Balaban J connectivity index is 1.49. The summed E-state index contributed by atoms with van der Waals surface area (Å²) in [4.78, 5) is 12.4. The van der Waals surface area contributed by atoms with Gasteiger partial charge in [-0.2, -0.15) is 0 Å². The van der Waals surface area contributed by atoms with Crippen LogP contribution < -0.4 is 10.6 Å². The molecule has 0 bridgehead atoms. The van der Waals surface area contributed by atoms with Gasteiger partial charge < -0.3 is 20.3 Å². The normalized spacial score (nSPS) is 19.7. The molecule has 2 aliphatic heterocycles. The number of guanidine groups is 1. The fourth-order valence-electron chi connectivity index (χ4n) is 4.03. The summed E-state index contributed by atoms with van der Waals surface area (Å²) in [5.74, 6) is 0.908. The molecule has 7 nitrogen and oxygen atoms in total. The van der Waals surface area contributed by atoms with E-state index in [1.165, 1.54) is 24.2 Å². The summed E-state index contributed by atoms with van der Waals surface area (Å²) in [6.07, 6.45) is 0. The highest BCUT2D eigenvalue weighted by Crippen LogP contribution is 2.14. The Kier molecular flexibility index (Phi) is 9.89. The van der Waals surface area contributed by atoms with Crippen LogP contribution in [-0.4, -0.2) is 99.3 Å². The molecule has 0 atom stereocenters. The molecular weight excluding hydrogens is 376 g/mol. The van der Waals surface area contributed by atoms with Gasteiger partial charge in [-0.1, -0.05) is 31.2 Å². The zero-order valence-electron chi connectivity index (χ0n) is 18.9. The average molecular weight is 417 g/mol. The smallest absolute Gasteiger partial charge is 0.191 e. The van der Waals surface area contributed by atoms with E-state index in [0.29, 0.717) is 6.54 Å². The highest BCUT2D eigenvalue weighted by molar-refractivity contribution is 5.79. The molecule has 1 aromatic carbocycles. The lowest BCUT2D eigenvalue weighted by atomic mass is 10.1. The van der Waals surface area contributed by atoms with Crippen molar-refractivity contribution >= 4 is 5.96 Å². The van der Waals surface area contributed by atoms with Gasteiger partial charge >= 0.3 is 0 Å². The number of benzene rings is 1. The van der Waals surface area contributed by atoms with Crippen molar-refractivity contribution in [1.82, 2.24) is 25.3 Å². The first kappa shape index (κ1) is 23.0. The van der Waals surface area contributed by atoms with E-state index >= 15 is 0 Å². The Hall–Kier alpha value is -1.67. The predicted octanol–water partition coefficient (Wildman–Crippen LogP) is 1.21. The van der Waals surface area contributed by atoms with E-state index in [9.17, 15) is 0 Å². The number of ether oxygens (including phenoxy) is 1. The van der Waals surface area contributed by atoms with Crippen LogP contribution in [0, 0.1) is 0 Å². The summed E-state index contributed by atoms with van der Waals surface area (Å²) >= 11 is 0. The third-order valence-electron chi connectivity index (χ3n) is 6.00. The fourth-order valence-corrected chi connectivity index (χ4v) is 4.03. The van der Waals surface area contributed by atoms with Crippen molar-refractivity contribution in [3.63, 3.8) is 0 Å². The van der Waals surface area contributed by atoms with Crippen molar-refractivity contribution in [3.8, 4) is 0 Å². The lowest BCUT2D eigenvalue weighted by Crippen LogP contribution is -2.49. The molecule has 3 rings (SSSR count). The van der Waals surface area contributed by atoms with Crippen LogP contribution in [0.25, 0.3) is 0 Å². The topological polar surface area (TPSA) is 55.4 Å². The Morgan fingerprint density at radius 1 is 0.900 bits per heavy atom. The Morgan fingerprint density at radius 3 is 2.30 bits per heavy atom. The highest BCUT2D eigenvalue weighted by atomic mass is 16.5. The van der Waals surface area contributed by atoms with E-state index in [1.54, 1.807) is 0 Å². The van der Waals surface area contributed by atoms with Gasteiger partial charge in [-0.15, -0.1) is 0 Å². The Labute approximate surface area is 182 Å². The third-order valence-corrected chi connectivity index (χ3v) is 6.00. The van der Waals surface area contributed by atoms with Crippen molar-refractivity contribution in [3.05, 3.63) is 35.4 Å². The SMILES string of the molecule is CCNC(=NCc1ccccc1CN1CCOCC1)NCCN1CCN(CC)CC1. The van der Waals surface area contributed by atoms with Gasteiger partial charge in [0.15, 0.2) is 5.96 Å². The molecule has 2 heterocycles. The zero-order chi connectivity index (χ0) is 21.0. The maximum Gasteiger partial charge on any atom is 0.191 e. The van der Waals surface area contributed by atoms with E-state index in [1.807, 2.05) is 0 Å². The van der Waals surface area contributed by atoms with E-state index in [4.69, 9.17) is 9.73 Å². The number of nitrogens with zero attached hydrogens (tertiary/aromatic N) is 4. The number of likely N-dealkylation sites (N-methyl/N-ethyl adjacent to an activating group) is 1. The summed E-state index contributed by atoms with van der Waals surface area (Å²) in [5, 5.41) is 6.91. The van der Waals surface area contributed by atoms with Gasteiger partial charge in [-0.25, -0.2) is 4.99 Å². The van der Waals surface area contributed by atoms with Crippen LogP contribution in [0.5, 0.6) is 0 Å². The van der Waals surface area contributed by atoms with E-state index < -0.39 is 0 Å². The molecule has 2 fully saturated rings. The van der Waals surface area contributed by atoms with Crippen LogP contribution in [0.3, 0.4) is 0 Å². The molecule has 2 aliphatic rings. The molecule has 0 spiro atoms. The molecular formula is C23H40N6O. The number of piperazine rings is 1. The Morgan fingerprint density at radius 2 is 1.60 bits per heavy atom. The largest absolute Gasteiger partial charge is 0.379 e. The molecule has 2 N–H and O–H groups in total. The molecule has 30 heavy (non-hydrogen) atoms. The van der Waals surface area contributed by atoms with Gasteiger partial charge in [0.25, 0.3) is 0 Å². The van der Waals surface area contributed by atoms with Gasteiger partial charge in [0.1, 0.15) is 0 Å². The first-order valence-electron chi connectivity index (χ1n) is 11.6. The highest BCUT2D eigenvalue weighted by Gasteiger charge is 2.15. The van der Waals surface area contributed by atoms with Gasteiger partial charge in [0.05, 0.1) is 19.8 Å². The van der Waals surface area contributed by atoms with Crippen molar-refractivity contribution in [2.75, 3.05) is 78.7 Å². The summed E-state index contributed by atoms with van der Waals surface area (Å²) in [6, 6.07) is 8.68. The molecule has 168 valence electrons. The summed E-state index contributed by atoms with van der Waals surface area (Å²) in [5.41, 5.74) is 2.67. The standard InChI is InChI=1S/C23H40N6O/c1-3-24-23(25-9-10-28-13-11-27(4-2)12-14-28)26-19-21-7-5-6-8-22(21)20-29-15-17-30-18-16-29/h5-8H,3-4,9-20H2,1-2H3,(H2,24,25,26). The second-order valence-electron chi connectivity index (χ2n) is 8.06. The van der Waals surface area contributed by atoms with E-state index in [0.717, 1.165) is 78.1 Å². The summed E-state index contributed by atoms with van der Waals surface area (Å²) in [7, 11) is 0. The van der Waals surface area contributed by atoms with Crippen LogP contribution in [0.2, 0.25) is 0 Å². The van der Waals surface area contributed by atoms with E-state index in [2.05, 4.69) is 63.4 Å². The number of rotatable bonds is 9. The summed E-state index contributed by atoms with van der Waals surface area (Å²) < 4.78 is 5.48. The van der Waals surface area contributed by atoms with Crippen LogP contribution in [0.4, 0.5) is 0 Å². The first-order valence-corrected chi connectivity index (χ1v) is 11.6. The van der Waals surface area contributed by atoms with Gasteiger partial charge in [-0.3, -0.25) is 9.80 Å². The molecule has 0 aliphatic carbocycles. The monoisotopic (exact) mass is 416 g/mol. The van der Waals surface area contributed by atoms with Gasteiger partial charge in [-0.05, 0) is 24.6 Å². The molecule has 0 saturated carbocycles. The first-order chi connectivity index (χ1) is 14.8. The Bertz CT molecular complexity index is 638. The molecule has 0 aromatic heterocycles. The molecule has 2 saturated heterocycles. The maximum atomic E-state index is 5.48. The second-order valence-corrected chi connectivity index (χ2v) is 8.06. The van der Waals surface area contributed by atoms with Gasteiger partial charge in [0, 0.05) is 65.4 Å². The lowest BCUT2D eigenvalue weighted by molar-refractivity contribution is 0.0341. The van der Waals surface area contributed by atoms with Crippen molar-refractivity contribution < 1.29 is 4.74 Å². The maximum absolute atomic E-state index is 5.48. The molecule has 0 amide bonds. The molecule has 0 radical (unpaired) electrons. The number of nitrogens with one attached hydrogen (secondary N) is 2. The molecule has 1 aromatic rings. The number of hydrogen-bond acceptors (Lipinski definition) is 5. The van der Waals surface area contributed by atoms with Gasteiger partial charge in [0.2, 0.25) is 0 Å². The minimum Gasteiger partial charge on any atom is -0.379 e. The van der Waals surface area contributed by atoms with Crippen LogP contribution in [0.15, 0.2) is 29.3 Å². The zero-order valence-corrected chi connectivity index (χ0v) is 18.9. The predicted molar refractivity (Wildman–Crippen MR) is 124 cm³/mol. The van der Waals surface area contributed by atoms with E-state index in [-0.39, 0.29) is 0 Å². The van der Waals surface area contributed by atoms with Crippen LogP contribution in [0.1, 0.15) is 25.0 Å². The van der Waals surface area contributed by atoms with Crippen molar-refractivity contribution in [2.45, 2.75) is 26.9 Å². The third kappa shape index (κ3) is 7.54.